The Balaban J connectivity index is 2.15. The van der Waals surface area contributed by atoms with Gasteiger partial charge in [0.1, 0.15) is 11.5 Å². The van der Waals surface area contributed by atoms with E-state index >= 15 is 0 Å². The van der Waals surface area contributed by atoms with E-state index in [0.29, 0.717) is 41.5 Å². The van der Waals surface area contributed by atoms with Gasteiger partial charge in [-0.15, -0.1) is 0 Å². The minimum Gasteiger partial charge on any atom is -0.507 e. The predicted molar refractivity (Wildman–Crippen MR) is 139 cm³/mol. The normalized spacial score (nSPS) is 17.2. The van der Waals surface area contributed by atoms with Gasteiger partial charge < -0.3 is 29.1 Å². The molecule has 1 heterocycles. The van der Waals surface area contributed by atoms with E-state index in [1.807, 2.05) is 38.1 Å². The maximum absolute atomic E-state index is 13.3. The molecule has 2 aromatic rings. The highest BCUT2D eigenvalue weighted by molar-refractivity contribution is 6.46. The summed E-state index contributed by atoms with van der Waals surface area (Å²) in [5.41, 5.74) is 1.08. The zero-order valence-electron chi connectivity index (χ0n) is 21.9. The number of amides is 1. The Morgan fingerprint density at radius 2 is 1.72 bits per heavy atom. The number of benzene rings is 2. The van der Waals surface area contributed by atoms with Crippen LogP contribution >= 0.6 is 0 Å². The van der Waals surface area contributed by atoms with Gasteiger partial charge in [0.2, 0.25) is 0 Å². The van der Waals surface area contributed by atoms with Crippen molar-refractivity contribution in [3.8, 4) is 17.2 Å². The number of Topliss-reactive ketones (excluding diaryl/α,β-unsaturated/α-hetero) is 1. The lowest BCUT2D eigenvalue weighted by Crippen LogP contribution is -2.38. The number of carbonyl (C=O) groups is 2. The van der Waals surface area contributed by atoms with E-state index < -0.39 is 17.7 Å². The van der Waals surface area contributed by atoms with E-state index in [-0.39, 0.29) is 17.4 Å². The third-order valence-corrected chi connectivity index (χ3v) is 6.29. The molecule has 1 atom stereocenters. The summed E-state index contributed by atoms with van der Waals surface area (Å²) in [6.45, 7) is 10.6. The van der Waals surface area contributed by atoms with Crippen molar-refractivity contribution in [2.24, 2.45) is 0 Å². The van der Waals surface area contributed by atoms with Gasteiger partial charge in [-0.2, -0.15) is 0 Å². The first-order valence-electron chi connectivity index (χ1n) is 12.2. The molecule has 0 radical (unpaired) electrons. The number of carbonyl (C=O) groups excluding carboxylic acids is 2. The van der Waals surface area contributed by atoms with Crippen LogP contribution in [-0.4, -0.2) is 73.1 Å². The highest BCUT2D eigenvalue weighted by Crippen LogP contribution is 2.41. The lowest BCUT2D eigenvalue weighted by molar-refractivity contribution is -0.140. The molecule has 1 amide bonds. The first-order chi connectivity index (χ1) is 17.2. The summed E-state index contributed by atoms with van der Waals surface area (Å²) in [4.78, 5) is 30.3. The summed E-state index contributed by atoms with van der Waals surface area (Å²) in [5.74, 6) is -0.0980. The molecule has 1 aliphatic heterocycles. The van der Waals surface area contributed by atoms with Crippen molar-refractivity contribution in [3.05, 3.63) is 59.2 Å². The van der Waals surface area contributed by atoms with Crippen LogP contribution in [0.4, 0.5) is 0 Å². The average Bonchev–Trinajstić information content (AvgIpc) is 3.13. The van der Waals surface area contributed by atoms with Crippen molar-refractivity contribution in [2.45, 2.75) is 39.8 Å². The molecule has 8 nitrogen and oxygen atoms in total. The van der Waals surface area contributed by atoms with Crippen LogP contribution in [0.25, 0.3) is 5.76 Å². The van der Waals surface area contributed by atoms with E-state index in [1.54, 1.807) is 23.1 Å². The molecule has 8 heteroatoms. The van der Waals surface area contributed by atoms with E-state index in [4.69, 9.17) is 14.2 Å². The second-order valence-electron chi connectivity index (χ2n) is 8.83. The highest BCUT2D eigenvalue weighted by atomic mass is 16.5. The van der Waals surface area contributed by atoms with Crippen LogP contribution in [0.3, 0.4) is 0 Å². The molecule has 1 saturated heterocycles. The largest absolute Gasteiger partial charge is 0.507 e. The molecule has 1 unspecified atom stereocenters. The third-order valence-electron chi connectivity index (χ3n) is 6.29. The van der Waals surface area contributed by atoms with Crippen LogP contribution in [0.15, 0.2) is 48.0 Å². The van der Waals surface area contributed by atoms with Gasteiger partial charge in [-0.25, -0.2) is 0 Å². The number of rotatable bonds is 11. The van der Waals surface area contributed by atoms with Crippen LogP contribution in [0.5, 0.6) is 17.2 Å². The molecule has 0 bridgehead atoms. The van der Waals surface area contributed by atoms with Gasteiger partial charge in [0, 0.05) is 18.7 Å². The minimum absolute atomic E-state index is 0.0356. The fourth-order valence-electron chi connectivity index (χ4n) is 4.42. The Bertz CT molecular complexity index is 1120. The molecular weight excluding hydrogens is 460 g/mol. The first kappa shape index (κ1) is 27.1. The molecule has 0 aliphatic carbocycles. The minimum atomic E-state index is -0.760. The second kappa shape index (κ2) is 11.9. The van der Waals surface area contributed by atoms with Crippen molar-refractivity contribution in [1.82, 2.24) is 9.80 Å². The van der Waals surface area contributed by atoms with Crippen LogP contribution in [0.1, 0.15) is 44.9 Å². The predicted octanol–water partition coefficient (Wildman–Crippen LogP) is 4.25. The zero-order valence-corrected chi connectivity index (χ0v) is 21.9. The maximum atomic E-state index is 13.3. The van der Waals surface area contributed by atoms with Gasteiger partial charge >= 0.3 is 0 Å². The van der Waals surface area contributed by atoms with E-state index in [0.717, 1.165) is 13.1 Å². The molecule has 2 aromatic carbocycles. The van der Waals surface area contributed by atoms with E-state index in [9.17, 15) is 14.7 Å². The van der Waals surface area contributed by atoms with Crippen molar-refractivity contribution >= 4 is 17.4 Å². The Morgan fingerprint density at radius 3 is 2.33 bits per heavy atom. The summed E-state index contributed by atoms with van der Waals surface area (Å²) in [6.07, 6.45) is -0.0407. The Kier molecular flexibility index (Phi) is 8.98. The van der Waals surface area contributed by atoms with Crippen LogP contribution in [-0.2, 0) is 9.59 Å². The summed E-state index contributed by atoms with van der Waals surface area (Å²) in [5, 5.41) is 11.4. The van der Waals surface area contributed by atoms with Gasteiger partial charge in [0.15, 0.2) is 11.5 Å². The number of methoxy groups -OCH3 is 2. The topological polar surface area (TPSA) is 88.5 Å². The van der Waals surface area contributed by atoms with E-state index in [1.165, 1.54) is 14.2 Å². The van der Waals surface area contributed by atoms with Crippen molar-refractivity contribution < 1.29 is 28.9 Å². The number of hydrogen-bond acceptors (Lipinski definition) is 7. The molecule has 1 fully saturated rings. The number of nitrogens with zero attached hydrogens (tertiary/aromatic N) is 2. The molecule has 194 valence electrons. The SMILES string of the molecule is CCN(CC)CCN1C(=O)C(=O)/C(=C(/O)c2ccc(OC)c(OC)c2)C1c1cccc(OC(C)C)c1. The van der Waals surface area contributed by atoms with Gasteiger partial charge in [-0.05, 0) is 62.8 Å². The summed E-state index contributed by atoms with van der Waals surface area (Å²) < 4.78 is 16.5. The maximum Gasteiger partial charge on any atom is 0.295 e. The third kappa shape index (κ3) is 5.65. The molecular formula is C28H36N2O6. The van der Waals surface area contributed by atoms with Crippen LogP contribution in [0, 0.1) is 0 Å². The van der Waals surface area contributed by atoms with Gasteiger partial charge in [0.05, 0.1) is 31.9 Å². The molecule has 0 aromatic heterocycles. The summed E-state index contributed by atoms with van der Waals surface area (Å²) in [6, 6.07) is 11.4. The fourth-order valence-corrected chi connectivity index (χ4v) is 4.42. The number of likely N-dealkylation sites (tertiary alicyclic amines) is 1. The summed E-state index contributed by atoms with van der Waals surface area (Å²) >= 11 is 0. The monoisotopic (exact) mass is 496 g/mol. The van der Waals surface area contributed by atoms with Crippen molar-refractivity contribution in [1.29, 1.82) is 0 Å². The zero-order chi connectivity index (χ0) is 26.4. The Labute approximate surface area is 213 Å². The van der Waals surface area contributed by atoms with Crippen molar-refractivity contribution in [3.63, 3.8) is 0 Å². The van der Waals surface area contributed by atoms with Crippen LogP contribution < -0.4 is 14.2 Å². The number of ketones is 1. The lowest BCUT2D eigenvalue weighted by atomic mass is 9.95. The van der Waals surface area contributed by atoms with E-state index in [2.05, 4.69) is 18.7 Å². The second-order valence-corrected chi connectivity index (χ2v) is 8.83. The molecule has 1 N–H and O–H groups in total. The molecule has 3 rings (SSSR count). The van der Waals surface area contributed by atoms with Crippen LogP contribution in [0.2, 0.25) is 0 Å². The lowest BCUT2D eigenvalue weighted by Gasteiger charge is -2.28. The number of aliphatic hydroxyl groups excluding tert-OH is 1. The van der Waals surface area contributed by atoms with Gasteiger partial charge in [-0.3, -0.25) is 9.59 Å². The Morgan fingerprint density at radius 1 is 1.03 bits per heavy atom. The smallest absolute Gasteiger partial charge is 0.295 e. The molecule has 36 heavy (non-hydrogen) atoms. The molecule has 0 saturated carbocycles. The van der Waals surface area contributed by atoms with Gasteiger partial charge in [0.25, 0.3) is 11.7 Å². The number of likely N-dealkylation sites (N-methyl/N-ethyl adjacent to an activating group) is 1. The number of aliphatic hydroxyl groups is 1. The molecule has 0 spiro atoms. The number of ether oxygens (including phenoxy) is 3. The summed E-state index contributed by atoms with van der Waals surface area (Å²) in [7, 11) is 3.01. The quantitative estimate of drug-likeness (QED) is 0.283. The fraction of sp³-hybridized carbons (Fsp3) is 0.429. The molecule has 1 aliphatic rings. The van der Waals surface area contributed by atoms with Gasteiger partial charge in [-0.1, -0.05) is 26.0 Å². The van der Waals surface area contributed by atoms with Crippen molar-refractivity contribution in [2.75, 3.05) is 40.4 Å². The highest BCUT2D eigenvalue weighted by Gasteiger charge is 2.46. The standard InChI is InChI=1S/C28H36N2O6/c1-7-29(8-2)14-15-30-25(19-10-9-11-21(16-19)36-18(3)4)24(27(32)28(30)33)26(31)20-12-13-22(34-5)23(17-20)35-6/h9-13,16-18,25,31H,7-8,14-15H2,1-6H3/b26-24+. The Hall–Kier alpha value is -3.52. The number of hydrogen-bond donors (Lipinski definition) is 1. The first-order valence-corrected chi connectivity index (χ1v) is 12.2. The average molecular weight is 497 g/mol.